The molecule has 0 saturated heterocycles. The molecule has 1 N–H and O–H groups in total. The SMILES string of the molecule is CCNC(=O)C(Cc1ccccc1)N(Cc1c(Cl)cccc1Cl)C(=O)CCCN(c1cccc(OC)c1)S(C)(=O)=O. The molecule has 2 amide bonds. The smallest absolute Gasteiger partial charge is 0.243 e. The lowest BCUT2D eigenvalue weighted by atomic mass is 10.0. The summed E-state index contributed by atoms with van der Waals surface area (Å²) in [6, 6.07) is 20.4. The summed E-state index contributed by atoms with van der Waals surface area (Å²) in [5, 5.41) is 3.61. The van der Waals surface area contributed by atoms with Crippen LogP contribution in [0.2, 0.25) is 10.0 Å². The maximum atomic E-state index is 13.9. The molecule has 0 aliphatic heterocycles. The summed E-state index contributed by atoms with van der Waals surface area (Å²) in [4.78, 5) is 28.7. The average molecular weight is 621 g/mol. The number of halogens is 2. The van der Waals surface area contributed by atoms with Crippen molar-refractivity contribution in [1.82, 2.24) is 10.2 Å². The number of nitrogens with zero attached hydrogens (tertiary/aromatic N) is 2. The number of carbonyl (C=O) groups excluding carboxylic acids is 2. The second-order valence-corrected chi connectivity index (χ2v) is 12.2. The van der Waals surface area contributed by atoms with E-state index >= 15 is 0 Å². The first-order valence-electron chi connectivity index (χ1n) is 13.2. The molecule has 0 spiro atoms. The average Bonchev–Trinajstić information content (AvgIpc) is 2.94. The minimum Gasteiger partial charge on any atom is -0.497 e. The number of nitrogens with one attached hydrogen (secondary N) is 1. The largest absolute Gasteiger partial charge is 0.497 e. The summed E-state index contributed by atoms with van der Waals surface area (Å²) in [6.45, 7) is 2.27. The Morgan fingerprint density at radius 1 is 0.976 bits per heavy atom. The maximum Gasteiger partial charge on any atom is 0.243 e. The van der Waals surface area contributed by atoms with Crippen molar-refractivity contribution in [2.24, 2.45) is 0 Å². The highest BCUT2D eigenvalue weighted by molar-refractivity contribution is 7.92. The highest BCUT2D eigenvalue weighted by Crippen LogP contribution is 2.28. The highest BCUT2D eigenvalue weighted by Gasteiger charge is 2.31. The van der Waals surface area contributed by atoms with Gasteiger partial charge in [0.1, 0.15) is 11.8 Å². The number of carbonyl (C=O) groups is 2. The third kappa shape index (κ3) is 9.11. The number of likely N-dealkylation sites (N-methyl/N-ethyl adjacent to an activating group) is 1. The third-order valence-electron chi connectivity index (χ3n) is 6.51. The van der Waals surface area contributed by atoms with Crippen LogP contribution in [0.25, 0.3) is 0 Å². The quantitative estimate of drug-likeness (QED) is 0.263. The van der Waals surface area contributed by atoms with Crippen molar-refractivity contribution in [3.8, 4) is 5.75 Å². The Labute approximate surface area is 252 Å². The first kappa shape index (κ1) is 32.2. The third-order valence-corrected chi connectivity index (χ3v) is 8.41. The summed E-state index contributed by atoms with van der Waals surface area (Å²) in [5.74, 6) is -0.116. The Morgan fingerprint density at radius 3 is 2.24 bits per heavy atom. The molecule has 0 aliphatic carbocycles. The number of hydrogen-bond acceptors (Lipinski definition) is 5. The van der Waals surface area contributed by atoms with Crippen LogP contribution in [0.4, 0.5) is 5.69 Å². The van der Waals surface area contributed by atoms with Crippen molar-refractivity contribution in [3.05, 3.63) is 94.0 Å². The predicted molar refractivity (Wildman–Crippen MR) is 164 cm³/mol. The monoisotopic (exact) mass is 619 g/mol. The minimum absolute atomic E-state index is 0.0112. The van der Waals surface area contributed by atoms with E-state index in [0.717, 1.165) is 11.8 Å². The standard InChI is InChI=1S/C30H35Cl2N3O5S/c1-4-33-30(37)28(19-22-11-6-5-7-12-22)34(21-25-26(31)15-9-16-27(25)32)29(36)17-10-18-35(41(3,38)39)23-13-8-14-24(20-23)40-2/h5-9,11-16,20,28H,4,10,17-19,21H2,1-3H3,(H,33,37). The number of hydrogen-bond donors (Lipinski definition) is 1. The molecule has 1 atom stereocenters. The van der Waals surface area contributed by atoms with E-state index in [1.54, 1.807) is 42.5 Å². The van der Waals surface area contributed by atoms with Gasteiger partial charge < -0.3 is 15.0 Å². The van der Waals surface area contributed by atoms with E-state index in [9.17, 15) is 18.0 Å². The number of rotatable bonds is 14. The lowest BCUT2D eigenvalue weighted by Crippen LogP contribution is -2.50. The number of methoxy groups -OCH3 is 1. The number of anilines is 1. The molecular weight excluding hydrogens is 585 g/mol. The molecule has 3 aromatic carbocycles. The molecule has 0 radical (unpaired) electrons. The number of sulfonamides is 1. The molecule has 0 aliphatic rings. The normalized spacial score (nSPS) is 11.9. The van der Waals surface area contributed by atoms with E-state index in [0.29, 0.717) is 33.6 Å². The highest BCUT2D eigenvalue weighted by atomic mass is 35.5. The molecule has 0 saturated carbocycles. The van der Waals surface area contributed by atoms with Crippen LogP contribution in [-0.4, -0.2) is 57.6 Å². The van der Waals surface area contributed by atoms with Gasteiger partial charge in [0, 0.05) is 54.2 Å². The van der Waals surface area contributed by atoms with Gasteiger partial charge in [0.25, 0.3) is 0 Å². The maximum absolute atomic E-state index is 13.9. The van der Waals surface area contributed by atoms with E-state index in [-0.39, 0.29) is 44.2 Å². The Kier molecular flexibility index (Phi) is 11.9. The fourth-order valence-electron chi connectivity index (χ4n) is 4.47. The van der Waals surface area contributed by atoms with Crippen molar-refractivity contribution < 1.29 is 22.7 Å². The summed E-state index contributed by atoms with van der Waals surface area (Å²) in [6.07, 6.45) is 1.59. The van der Waals surface area contributed by atoms with Gasteiger partial charge in [-0.2, -0.15) is 0 Å². The second kappa shape index (κ2) is 15.1. The Morgan fingerprint density at radius 2 is 1.63 bits per heavy atom. The topological polar surface area (TPSA) is 96.0 Å². The molecule has 41 heavy (non-hydrogen) atoms. The van der Waals surface area contributed by atoms with Gasteiger partial charge in [-0.05, 0) is 43.2 Å². The van der Waals surface area contributed by atoms with Gasteiger partial charge in [0.05, 0.1) is 19.1 Å². The molecule has 8 nitrogen and oxygen atoms in total. The molecule has 0 aromatic heterocycles. The van der Waals surface area contributed by atoms with Crippen LogP contribution in [0, 0.1) is 0 Å². The summed E-state index contributed by atoms with van der Waals surface area (Å²) in [5.41, 5.74) is 1.84. The van der Waals surface area contributed by atoms with Gasteiger partial charge in [0.2, 0.25) is 21.8 Å². The molecule has 0 heterocycles. The molecule has 3 rings (SSSR count). The van der Waals surface area contributed by atoms with Gasteiger partial charge in [-0.15, -0.1) is 0 Å². The van der Waals surface area contributed by atoms with E-state index < -0.39 is 16.1 Å². The summed E-state index contributed by atoms with van der Waals surface area (Å²) >= 11 is 12.9. The van der Waals surface area contributed by atoms with Crippen LogP contribution >= 0.6 is 23.2 Å². The van der Waals surface area contributed by atoms with Crippen LogP contribution < -0.4 is 14.4 Å². The van der Waals surface area contributed by atoms with Crippen LogP contribution in [0.3, 0.4) is 0 Å². The van der Waals surface area contributed by atoms with Crippen molar-refractivity contribution in [2.45, 2.75) is 38.8 Å². The fourth-order valence-corrected chi connectivity index (χ4v) is 5.94. The van der Waals surface area contributed by atoms with E-state index in [4.69, 9.17) is 27.9 Å². The van der Waals surface area contributed by atoms with Crippen LogP contribution in [0.1, 0.15) is 30.9 Å². The van der Waals surface area contributed by atoms with Crippen molar-refractivity contribution in [3.63, 3.8) is 0 Å². The van der Waals surface area contributed by atoms with Gasteiger partial charge in [-0.25, -0.2) is 8.42 Å². The van der Waals surface area contributed by atoms with Crippen molar-refractivity contribution >= 4 is 50.7 Å². The predicted octanol–water partition coefficient (Wildman–Crippen LogP) is 5.32. The lowest BCUT2D eigenvalue weighted by molar-refractivity contribution is -0.141. The van der Waals surface area contributed by atoms with Gasteiger partial charge in [0.15, 0.2) is 0 Å². The molecule has 220 valence electrons. The molecule has 3 aromatic rings. The Bertz CT molecular complexity index is 1420. The molecule has 1 unspecified atom stereocenters. The number of benzene rings is 3. The molecular formula is C30H35Cl2N3O5S. The van der Waals surface area contributed by atoms with Gasteiger partial charge >= 0.3 is 0 Å². The Balaban J connectivity index is 1.91. The second-order valence-electron chi connectivity index (χ2n) is 9.46. The number of ether oxygens (including phenoxy) is 1. The zero-order valence-corrected chi connectivity index (χ0v) is 25.7. The summed E-state index contributed by atoms with van der Waals surface area (Å²) in [7, 11) is -2.14. The van der Waals surface area contributed by atoms with E-state index in [1.807, 2.05) is 37.3 Å². The zero-order chi connectivity index (χ0) is 30.0. The lowest BCUT2D eigenvalue weighted by Gasteiger charge is -2.32. The van der Waals surface area contributed by atoms with Crippen LogP contribution in [0.15, 0.2) is 72.8 Å². The van der Waals surface area contributed by atoms with Gasteiger partial charge in [-0.1, -0.05) is 65.7 Å². The first-order valence-corrected chi connectivity index (χ1v) is 15.8. The van der Waals surface area contributed by atoms with Crippen LogP contribution in [-0.2, 0) is 32.6 Å². The Hall–Kier alpha value is -3.27. The fraction of sp³-hybridized carbons (Fsp3) is 0.333. The molecule has 11 heteroatoms. The van der Waals surface area contributed by atoms with E-state index in [2.05, 4.69) is 5.32 Å². The van der Waals surface area contributed by atoms with Crippen LogP contribution in [0.5, 0.6) is 5.75 Å². The first-order chi connectivity index (χ1) is 19.5. The zero-order valence-electron chi connectivity index (χ0n) is 23.3. The van der Waals surface area contributed by atoms with Crippen molar-refractivity contribution in [2.75, 3.05) is 30.8 Å². The summed E-state index contributed by atoms with van der Waals surface area (Å²) < 4.78 is 31.8. The number of amides is 2. The van der Waals surface area contributed by atoms with E-state index in [1.165, 1.54) is 16.3 Å². The van der Waals surface area contributed by atoms with Crippen molar-refractivity contribution in [1.29, 1.82) is 0 Å². The molecule has 0 fully saturated rings. The van der Waals surface area contributed by atoms with Gasteiger partial charge in [-0.3, -0.25) is 13.9 Å². The minimum atomic E-state index is -3.64. The molecule has 0 bridgehead atoms.